The van der Waals surface area contributed by atoms with Gasteiger partial charge in [0.1, 0.15) is 23.8 Å². The summed E-state index contributed by atoms with van der Waals surface area (Å²) in [4.78, 5) is 26.8. The quantitative estimate of drug-likeness (QED) is 0.563. The highest BCUT2D eigenvalue weighted by atomic mass is 32.2. The maximum absolute atomic E-state index is 12.5. The number of aryl methyl sites for hydroxylation is 2. The number of aromatic nitrogens is 4. The van der Waals surface area contributed by atoms with Crippen LogP contribution in [-0.4, -0.2) is 63.9 Å². The molecule has 0 unspecified atom stereocenters. The summed E-state index contributed by atoms with van der Waals surface area (Å²) in [6, 6.07) is 3.82. The van der Waals surface area contributed by atoms with Crippen molar-refractivity contribution in [2.75, 3.05) is 24.6 Å². The van der Waals surface area contributed by atoms with Crippen molar-refractivity contribution in [3.63, 3.8) is 0 Å². The van der Waals surface area contributed by atoms with Crippen LogP contribution in [0.1, 0.15) is 27.5 Å². The molecule has 5 rings (SSSR count). The first-order chi connectivity index (χ1) is 15.2. The van der Waals surface area contributed by atoms with Gasteiger partial charge in [-0.1, -0.05) is 5.16 Å². The third kappa shape index (κ3) is 3.72. The summed E-state index contributed by atoms with van der Waals surface area (Å²) >= 11 is 0. The van der Waals surface area contributed by atoms with E-state index < -0.39 is 9.84 Å². The maximum Gasteiger partial charge on any atom is 0.274 e. The Labute approximate surface area is 184 Å². The number of carbonyl (C=O) groups is 1. The zero-order valence-electron chi connectivity index (χ0n) is 17.6. The number of sulfone groups is 1. The van der Waals surface area contributed by atoms with E-state index in [4.69, 9.17) is 9.26 Å². The van der Waals surface area contributed by atoms with Crippen LogP contribution in [0.4, 0.5) is 0 Å². The molecule has 2 saturated heterocycles. The second-order valence-corrected chi connectivity index (χ2v) is 10.5. The van der Waals surface area contributed by atoms with Gasteiger partial charge in [-0.05, 0) is 26.0 Å². The van der Waals surface area contributed by atoms with E-state index in [1.165, 1.54) is 12.4 Å². The fourth-order valence-corrected chi connectivity index (χ4v) is 6.33. The molecule has 11 heteroatoms. The van der Waals surface area contributed by atoms with Crippen molar-refractivity contribution in [3.05, 3.63) is 53.4 Å². The number of amides is 1. The fraction of sp³-hybridized carbons (Fsp3) is 0.381. The highest BCUT2D eigenvalue weighted by Crippen LogP contribution is 2.41. The maximum atomic E-state index is 12.5. The van der Waals surface area contributed by atoms with Crippen LogP contribution >= 0.6 is 0 Å². The van der Waals surface area contributed by atoms with Crippen LogP contribution in [0.15, 0.2) is 35.2 Å². The number of rotatable bonds is 5. The minimum absolute atomic E-state index is 0.158. The van der Waals surface area contributed by atoms with Gasteiger partial charge < -0.3 is 14.2 Å². The van der Waals surface area contributed by atoms with Gasteiger partial charge in [-0.2, -0.15) is 0 Å². The summed E-state index contributed by atoms with van der Waals surface area (Å²) < 4.78 is 33.9. The average molecular weight is 455 g/mol. The van der Waals surface area contributed by atoms with Gasteiger partial charge in [0.2, 0.25) is 5.88 Å². The largest absolute Gasteiger partial charge is 0.471 e. The number of nitrogens with zero attached hydrogens (tertiary/aromatic N) is 5. The molecule has 32 heavy (non-hydrogen) atoms. The van der Waals surface area contributed by atoms with E-state index in [0.29, 0.717) is 24.5 Å². The molecular weight excluding hydrogens is 434 g/mol. The van der Waals surface area contributed by atoms with E-state index in [1.807, 2.05) is 19.1 Å². The predicted octanol–water partition coefficient (Wildman–Crippen LogP) is 1.59. The van der Waals surface area contributed by atoms with Crippen molar-refractivity contribution < 1.29 is 22.5 Å². The van der Waals surface area contributed by atoms with Crippen molar-refractivity contribution in [1.29, 1.82) is 0 Å². The first-order valence-electron chi connectivity index (χ1n) is 10.1. The summed E-state index contributed by atoms with van der Waals surface area (Å²) in [7, 11) is -2.92. The van der Waals surface area contributed by atoms with E-state index in [9.17, 15) is 13.2 Å². The minimum atomic E-state index is -2.92. The molecular formula is C21H21N5O5S. The van der Waals surface area contributed by atoms with Crippen LogP contribution in [0.25, 0.3) is 11.3 Å². The lowest BCUT2D eigenvalue weighted by atomic mass is 9.82. The Bertz CT molecular complexity index is 1270. The number of ether oxygens (including phenoxy) is 1. The minimum Gasteiger partial charge on any atom is -0.471 e. The van der Waals surface area contributed by atoms with E-state index in [0.717, 1.165) is 16.8 Å². The van der Waals surface area contributed by atoms with E-state index >= 15 is 0 Å². The Morgan fingerprint density at radius 3 is 2.53 bits per heavy atom. The summed E-state index contributed by atoms with van der Waals surface area (Å²) in [5.41, 5.74) is 3.10. The van der Waals surface area contributed by atoms with Gasteiger partial charge in [0.15, 0.2) is 9.84 Å². The number of likely N-dealkylation sites (tertiary alicyclic amines) is 1. The van der Waals surface area contributed by atoms with Crippen LogP contribution in [0, 0.1) is 19.3 Å². The smallest absolute Gasteiger partial charge is 0.274 e. The SMILES string of the molecule is Cc1ccc(-c2noc(C)c2COc2cnc(C(=O)N3CC4(C3)CS(=O)(=O)C4)cn2)cn1. The molecule has 2 fully saturated rings. The Morgan fingerprint density at radius 2 is 1.91 bits per heavy atom. The summed E-state index contributed by atoms with van der Waals surface area (Å²) in [5, 5.41) is 4.11. The molecule has 0 aromatic carbocycles. The van der Waals surface area contributed by atoms with Gasteiger partial charge >= 0.3 is 0 Å². The molecule has 3 aromatic rings. The van der Waals surface area contributed by atoms with E-state index in [-0.39, 0.29) is 41.0 Å². The van der Waals surface area contributed by atoms with Crippen LogP contribution in [-0.2, 0) is 16.4 Å². The first kappa shape index (κ1) is 20.6. The Hall–Kier alpha value is -3.34. The Kier molecular flexibility index (Phi) is 4.73. The molecule has 0 radical (unpaired) electrons. The highest BCUT2D eigenvalue weighted by Gasteiger charge is 2.57. The molecule has 0 saturated carbocycles. The van der Waals surface area contributed by atoms with Gasteiger partial charge in [-0.25, -0.2) is 18.4 Å². The molecule has 1 spiro atoms. The highest BCUT2D eigenvalue weighted by molar-refractivity contribution is 7.92. The number of carbonyl (C=O) groups excluding carboxylic acids is 1. The monoisotopic (exact) mass is 455 g/mol. The van der Waals surface area contributed by atoms with Crippen LogP contribution in [0.3, 0.4) is 0 Å². The molecule has 0 atom stereocenters. The van der Waals surface area contributed by atoms with Crippen LogP contribution in [0.5, 0.6) is 5.88 Å². The van der Waals surface area contributed by atoms with Gasteiger partial charge in [0.05, 0.1) is 29.5 Å². The van der Waals surface area contributed by atoms with Crippen molar-refractivity contribution in [2.24, 2.45) is 5.41 Å². The topological polar surface area (TPSA) is 128 Å². The molecule has 0 aliphatic carbocycles. The molecule has 0 bridgehead atoms. The molecule has 3 aromatic heterocycles. The number of hydrogen-bond acceptors (Lipinski definition) is 9. The summed E-state index contributed by atoms with van der Waals surface area (Å²) in [6.45, 7) is 4.76. The van der Waals surface area contributed by atoms with Gasteiger partial charge in [-0.3, -0.25) is 9.78 Å². The zero-order valence-corrected chi connectivity index (χ0v) is 18.4. The van der Waals surface area contributed by atoms with Gasteiger partial charge in [0, 0.05) is 36.0 Å². The molecule has 2 aliphatic rings. The lowest BCUT2D eigenvalue weighted by Crippen LogP contribution is -2.69. The van der Waals surface area contributed by atoms with Crippen LogP contribution in [0.2, 0.25) is 0 Å². The molecule has 2 aliphatic heterocycles. The lowest BCUT2D eigenvalue weighted by molar-refractivity contribution is 0.0196. The van der Waals surface area contributed by atoms with Crippen molar-refractivity contribution >= 4 is 15.7 Å². The molecule has 5 heterocycles. The Balaban J connectivity index is 1.21. The first-order valence-corrected chi connectivity index (χ1v) is 11.9. The number of hydrogen-bond donors (Lipinski definition) is 0. The molecule has 1 amide bonds. The standard InChI is InChI=1S/C21H21N5O5S/c1-13-3-4-15(5-22-13)19-16(14(2)31-25-19)8-30-18-7-23-17(6-24-18)20(27)26-9-21(10-26)11-32(28,29)12-21/h3-7H,8-12H2,1-2H3. The Morgan fingerprint density at radius 1 is 1.12 bits per heavy atom. The third-order valence-electron chi connectivity index (χ3n) is 5.77. The van der Waals surface area contributed by atoms with E-state index in [2.05, 4.69) is 20.1 Å². The van der Waals surface area contributed by atoms with Crippen LogP contribution < -0.4 is 4.74 Å². The fourth-order valence-electron chi connectivity index (χ4n) is 4.19. The summed E-state index contributed by atoms with van der Waals surface area (Å²) in [5.74, 6) is 0.949. The predicted molar refractivity (Wildman–Crippen MR) is 113 cm³/mol. The van der Waals surface area contributed by atoms with Gasteiger partial charge in [0.25, 0.3) is 5.91 Å². The average Bonchev–Trinajstić information content (AvgIpc) is 3.09. The van der Waals surface area contributed by atoms with E-state index in [1.54, 1.807) is 18.0 Å². The van der Waals surface area contributed by atoms with Crippen molar-refractivity contribution in [3.8, 4) is 17.1 Å². The second-order valence-electron chi connectivity index (χ2n) is 8.48. The van der Waals surface area contributed by atoms with Crippen molar-refractivity contribution in [1.82, 2.24) is 25.0 Å². The third-order valence-corrected chi connectivity index (χ3v) is 7.88. The van der Waals surface area contributed by atoms with Gasteiger partial charge in [-0.15, -0.1) is 0 Å². The normalized spacial score (nSPS) is 18.1. The molecule has 0 N–H and O–H groups in total. The van der Waals surface area contributed by atoms with Crippen molar-refractivity contribution in [2.45, 2.75) is 20.5 Å². The summed E-state index contributed by atoms with van der Waals surface area (Å²) in [6.07, 6.45) is 4.49. The lowest BCUT2D eigenvalue weighted by Gasteiger charge is -2.54. The zero-order chi connectivity index (χ0) is 22.5. The molecule has 166 valence electrons. The number of pyridine rings is 1. The molecule has 10 nitrogen and oxygen atoms in total. The second kappa shape index (κ2) is 7.37.